The fourth-order valence-corrected chi connectivity index (χ4v) is 3.57. The van der Waals surface area contributed by atoms with Gasteiger partial charge in [-0.1, -0.05) is 0 Å². The topological polar surface area (TPSA) is 49.8 Å². The molecule has 0 atom stereocenters. The number of likely N-dealkylation sites (tertiary alicyclic amines) is 1. The molecule has 1 N–H and O–H groups in total. The van der Waals surface area contributed by atoms with Gasteiger partial charge in [0.15, 0.2) is 0 Å². The van der Waals surface area contributed by atoms with E-state index in [2.05, 4.69) is 32.3 Å². The monoisotopic (exact) mass is 333 g/mol. The number of nitrogens with zero attached hydrogens (tertiary/aromatic N) is 1. The minimum atomic E-state index is -0.888. The molecule has 100 valence electrons. The summed E-state index contributed by atoms with van der Waals surface area (Å²) in [7, 11) is 0. The van der Waals surface area contributed by atoms with Crippen LogP contribution < -0.4 is 0 Å². The van der Waals surface area contributed by atoms with E-state index in [0.717, 1.165) is 36.9 Å². The standard InChI is InChI=1S/C12H16BrNO3S/c13-9-5-11(18-8-9)6-14-3-1-10(2-4-14)17-7-12(15)16/h5,8,10H,1-4,6-7H2,(H,15,16). The fraction of sp³-hybridized carbons (Fsp3) is 0.583. The first kappa shape index (κ1) is 14.0. The maximum atomic E-state index is 10.4. The predicted molar refractivity (Wildman–Crippen MR) is 73.9 cm³/mol. The second-order valence-electron chi connectivity index (χ2n) is 4.41. The van der Waals surface area contributed by atoms with Crippen LogP contribution in [-0.2, 0) is 16.1 Å². The van der Waals surface area contributed by atoms with Gasteiger partial charge < -0.3 is 9.84 Å². The van der Waals surface area contributed by atoms with Gasteiger partial charge in [0.05, 0.1) is 6.10 Å². The van der Waals surface area contributed by atoms with Gasteiger partial charge in [0.1, 0.15) is 6.61 Å². The Balaban J connectivity index is 1.71. The molecule has 0 saturated carbocycles. The van der Waals surface area contributed by atoms with Crippen LogP contribution in [0.1, 0.15) is 17.7 Å². The molecule has 1 aromatic rings. The molecule has 0 amide bonds. The first-order valence-corrected chi connectivity index (χ1v) is 7.59. The Morgan fingerprint density at radius 3 is 2.83 bits per heavy atom. The molecule has 1 saturated heterocycles. The lowest BCUT2D eigenvalue weighted by atomic mass is 10.1. The van der Waals surface area contributed by atoms with Crippen LogP contribution >= 0.6 is 27.3 Å². The Bertz CT molecular complexity index is 402. The number of halogens is 1. The van der Waals surface area contributed by atoms with Crippen molar-refractivity contribution in [1.82, 2.24) is 4.90 Å². The van der Waals surface area contributed by atoms with E-state index in [-0.39, 0.29) is 12.7 Å². The van der Waals surface area contributed by atoms with Gasteiger partial charge in [-0.3, -0.25) is 4.90 Å². The molecule has 2 rings (SSSR count). The smallest absolute Gasteiger partial charge is 0.329 e. The molecule has 1 aliphatic rings. The molecular formula is C12H16BrNO3S. The maximum absolute atomic E-state index is 10.4. The zero-order chi connectivity index (χ0) is 13.0. The van der Waals surface area contributed by atoms with E-state index >= 15 is 0 Å². The van der Waals surface area contributed by atoms with Crippen LogP contribution in [0, 0.1) is 0 Å². The van der Waals surface area contributed by atoms with Crippen molar-refractivity contribution in [3.8, 4) is 0 Å². The van der Waals surface area contributed by atoms with Crippen LogP contribution in [0.25, 0.3) is 0 Å². The Morgan fingerprint density at radius 2 is 2.28 bits per heavy atom. The molecule has 18 heavy (non-hydrogen) atoms. The molecule has 2 heterocycles. The summed E-state index contributed by atoms with van der Waals surface area (Å²) in [6, 6.07) is 2.15. The predicted octanol–water partition coefficient (Wildman–Crippen LogP) is 2.58. The highest BCUT2D eigenvalue weighted by atomic mass is 79.9. The van der Waals surface area contributed by atoms with E-state index in [1.165, 1.54) is 4.88 Å². The van der Waals surface area contributed by atoms with Crippen molar-refractivity contribution < 1.29 is 14.6 Å². The maximum Gasteiger partial charge on any atom is 0.329 e. The number of hydrogen-bond acceptors (Lipinski definition) is 4. The summed E-state index contributed by atoms with van der Waals surface area (Å²) in [6.07, 6.45) is 1.94. The number of aliphatic carboxylic acids is 1. The van der Waals surface area contributed by atoms with Crippen LogP contribution in [0.3, 0.4) is 0 Å². The van der Waals surface area contributed by atoms with Crippen molar-refractivity contribution in [2.24, 2.45) is 0 Å². The van der Waals surface area contributed by atoms with Crippen molar-refractivity contribution in [3.63, 3.8) is 0 Å². The van der Waals surface area contributed by atoms with Crippen LogP contribution in [0.15, 0.2) is 15.9 Å². The summed E-state index contributed by atoms with van der Waals surface area (Å²) in [5.74, 6) is -0.888. The van der Waals surface area contributed by atoms with E-state index in [1.807, 2.05) is 0 Å². The number of piperidine rings is 1. The minimum Gasteiger partial charge on any atom is -0.480 e. The van der Waals surface area contributed by atoms with E-state index in [1.54, 1.807) is 11.3 Å². The number of ether oxygens (including phenoxy) is 1. The molecule has 4 nitrogen and oxygen atoms in total. The molecule has 0 unspecified atom stereocenters. The van der Waals surface area contributed by atoms with Gasteiger partial charge in [0, 0.05) is 34.4 Å². The molecule has 0 spiro atoms. The third-order valence-corrected chi connectivity index (χ3v) is 4.66. The molecule has 1 fully saturated rings. The van der Waals surface area contributed by atoms with E-state index in [4.69, 9.17) is 9.84 Å². The largest absolute Gasteiger partial charge is 0.480 e. The van der Waals surface area contributed by atoms with Crippen molar-refractivity contribution >= 4 is 33.2 Å². The van der Waals surface area contributed by atoms with Gasteiger partial charge in [0.25, 0.3) is 0 Å². The molecule has 0 bridgehead atoms. The van der Waals surface area contributed by atoms with Crippen LogP contribution in [0.4, 0.5) is 0 Å². The summed E-state index contributed by atoms with van der Waals surface area (Å²) < 4.78 is 6.46. The lowest BCUT2D eigenvalue weighted by molar-refractivity contribution is -0.145. The number of carbonyl (C=O) groups is 1. The molecular weight excluding hydrogens is 318 g/mol. The van der Waals surface area contributed by atoms with E-state index in [9.17, 15) is 4.79 Å². The highest BCUT2D eigenvalue weighted by molar-refractivity contribution is 9.10. The number of carboxylic acids is 1. The Kier molecular flexibility index (Phi) is 5.17. The number of thiophene rings is 1. The van der Waals surface area contributed by atoms with E-state index < -0.39 is 5.97 Å². The number of carboxylic acid groups (broad SMARTS) is 1. The molecule has 0 aromatic carbocycles. The van der Waals surface area contributed by atoms with Gasteiger partial charge in [-0.15, -0.1) is 11.3 Å². The van der Waals surface area contributed by atoms with Gasteiger partial charge in [-0.25, -0.2) is 4.79 Å². The fourth-order valence-electron chi connectivity index (χ4n) is 2.08. The lowest BCUT2D eigenvalue weighted by Crippen LogP contribution is -2.37. The van der Waals surface area contributed by atoms with Crippen LogP contribution in [0.5, 0.6) is 0 Å². The van der Waals surface area contributed by atoms with Crippen molar-refractivity contribution in [3.05, 3.63) is 20.8 Å². The third kappa shape index (κ3) is 4.35. The SMILES string of the molecule is O=C(O)COC1CCN(Cc2cc(Br)cs2)CC1. The molecule has 0 aliphatic carbocycles. The first-order chi connectivity index (χ1) is 8.63. The number of hydrogen-bond donors (Lipinski definition) is 1. The highest BCUT2D eigenvalue weighted by Gasteiger charge is 2.20. The lowest BCUT2D eigenvalue weighted by Gasteiger charge is -2.31. The summed E-state index contributed by atoms with van der Waals surface area (Å²) in [6.45, 7) is 2.74. The van der Waals surface area contributed by atoms with Gasteiger partial charge in [-0.05, 0) is 34.8 Å². The van der Waals surface area contributed by atoms with Crippen LogP contribution in [-0.4, -0.2) is 41.8 Å². The Morgan fingerprint density at radius 1 is 1.56 bits per heavy atom. The van der Waals surface area contributed by atoms with Gasteiger partial charge in [0.2, 0.25) is 0 Å². The highest BCUT2D eigenvalue weighted by Crippen LogP contribution is 2.23. The summed E-state index contributed by atoms with van der Waals surface area (Å²) in [5.41, 5.74) is 0. The average Bonchev–Trinajstić information content (AvgIpc) is 2.74. The van der Waals surface area contributed by atoms with Crippen molar-refractivity contribution in [2.75, 3.05) is 19.7 Å². The Hall–Kier alpha value is -0.430. The molecule has 1 aromatic heterocycles. The minimum absolute atomic E-state index is 0.104. The molecule has 0 radical (unpaired) electrons. The quantitative estimate of drug-likeness (QED) is 0.899. The molecule has 1 aliphatic heterocycles. The second kappa shape index (κ2) is 6.65. The van der Waals surface area contributed by atoms with Crippen LogP contribution in [0.2, 0.25) is 0 Å². The van der Waals surface area contributed by atoms with Crippen molar-refractivity contribution in [2.45, 2.75) is 25.5 Å². The number of rotatable bonds is 5. The van der Waals surface area contributed by atoms with Gasteiger partial charge >= 0.3 is 5.97 Å². The first-order valence-electron chi connectivity index (χ1n) is 5.92. The molecule has 6 heteroatoms. The van der Waals surface area contributed by atoms with Crippen molar-refractivity contribution in [1.29, 1.82) is 0 Å². The summed E-state index contributed by atoms with van der Waals surface area (Å²) >= 11 is 5.22. The average molecular weight is 334 g/mol. The summed E-state index contributed by atoms with van der Waals surface area (Å²) in [4.78, 5) is 14.2. The summed E-state index contributed by atoms with van der Waals surface area (Å²) in [5, 5.41) is 10.7. The zero-order valence-electron chi connectivity index (χ0n) is 9.97. The third-order valence-electron chi connectivity index (χ3n) is 2.98. The zero-order valence-corrected chi connectivity index (χ0v) is 12.4. The normalized spacial score (nSPS) is 18.1. The second-order valence-corrected chi connectivity index (χ2v) is 6.32. The Labute approximate surface area is 119 Å². The van der Waals surface area contributed by atoms with E-state index in [0.29, 0.717) is 0 Å². The van der Waals surface area contributed by atoms with Gasteiger partial charge in [-0.2, -0.15) is 0 Å².